The molecule has 0 fully saturated rings. The number of oxazole rings is 1. The Kier molecular flexibility index (Phi) is 2.60. The second kappa shape index (κ2) is 4.14. The number of rotatable bonds is 1. The fraction of sp³-hybridized carbons (Fsp3) is 0.133. The number of aromatic nitrogens is 1. The van der Waals surface area contributed by atoms with Gasteiger partial charge in [-0.2, -0.15) is 0 Å². The molecule has 18 heavy (non-hydrogen) atoms. The van der Waals surface area contributed by atoms with E-state index in [9.17, 15) is 0 Å². The third-order valence-electron chi connectivity index (χ3n) is 3.19. The molecule has 1 radical (unpaired) electrons. The van der Waals surface area contributed by atoms with Crippen LogP contribution in [-0.2, 0) is 0 Å². The van der Waals surface area contributed by atoms with Gasteiger partial charge in [0.25, 0.3) is 6.39 Å². The zero-order valence-corrected chi connectivity index (χ0v) is 10.9. The van der Waals surface area contributed by atoms with Crippen molar-refractivity contribution in [1.82, 2.24) is 4.98 Å². The molecule has 1 heterocycles. The molecular formula is C15H11ClNO. The van der Waals surface area contributed by atoms with Crippen molar-refractivity contribution in [1.29, 1.82) is 0 Å². The minimum absolute atomic E-state index is 0.754. The van der Waals surface area contributed by atoms with Crippen LogP contribution in [0.2, 0.25) is 5.02 Å². The third kappa shape index (κ3) is 1.70. The van der Waals surface area contributed by atoms with Crippen molar-refractivity contribution in [3.8, 4) is 11.1 Å². The van der Waals surface area contributed by atoms with E-state index in [2.05, 4.69) is 18.3 Å². The van der Waals surface area contributed by atoms with Gasteiger partial charge in [-0.3, -0.25) is 0 Å². The fourth-order valence-corrected chi connectivity index (χ4v) is 2.46. The maximum absolute atomic E-state index is 5.99. The molecule has 0 unspecified atom stereocenters. The number of aryl methyl sites for hydroxylation is 2. The van der Waals surface area contributed by atoms with Crippen LogP contribution >= 0.6 is 11.6 Å². The van der Waals surface area contributed by atoms with Crippen LogP contribution in [0.1, 0.15) is 11.1 Å². The number of fused-ring (bicyclic) bond motifs is 1. The highest BCUT2D eigenvalue weighted by Crippen LogP contribution is 2.32. The summed E-state index contributed by atoms with van der Waals surface area (Å²) < 4.78 is 5.18. The van der Waals surface area contributed by atoms with Crippen molar-refractivity contribution in [2.75, 3.05) is 0 Å². The molecule has 3 heteroatoms. The highest BCUT2D eigenvalue weighted by atomic mass is 35.5. The second-order valence-electron chi connectivity index (χ2n) is 4.35. The Morgan fingerprint density at radius 1 is 1.11 bits per heavy atom. The van der Waals surface area contributed by atoms with Crippen LogP contribution in [-0.4, -0.2) is 4.98 Å². The van der Waals surface area contributed by atoms with Gasteiger partial charge in [-0.1, -0.05) is 23.7 Å². The zero-order valence-electron chi connectivity index (χ0n) is 10.1. The zero-order chi connectivity index (χ0) is 12.7. The normalized spacial score (nSPS) is 11.1. The van der Waals surface area contributed by atoms with Crippen molar-refractivity contribution in [3.05, 3.63) is 52.9 Å². The Morgan fingerprint density at radius 2 is 1.89 bits per heavy atom. The molecule has 0 bridgehead atoms. The topological polar surface area (TPSA) is 26.0 Å². The molecule has 0 aliphatic rings. The fourth-order valence-electron chi connectivity index (χ4n) is 2.24. The highest BCUT2D eigenvalue weighted by molar-refractivity contribution is 6.30. The number of halogens is 1. The Bertz CT molecular complexity index is 730. The lowest BCUT2D eigenvalue weighted by molar-refractivity contribution is 0.591. The van der Waals surface area contributed by atoms with Crippen molar-refractivity contribution >= 4 is 22.7 Å². The van der Waals surface area contributed by atoms with Crippen LogP contribution in [0.25, 0.3) is 22.2 Å². The molecule has 0 amide bonds. The van der Waals surface area contributed by atoms with Gasteiger partial charge in [0, 0.05) is 5.02 Å². The summed E-state index contributed by atoms with van der Waals surface area (Å²) in [5.74, 6) is 0. The van der Waals surface area contributed by atoms with Gasteiger partial charge in [-0.05, 0) is 54.3 Å². The van der Waals surface area contributed by atoms with Crippen LogP contribution in [0.5, 0.6) is 0 Å². The number of hydrogen-bond donors (Lipinski definition) is 0. The van der Waals surface area contributed by atoms with E-state index in [1.54, 1.807) is 0 Å². The first-order chi connectivity index (χ1) is 8.66. The number of hydrogen-bond acceptors (Lipinski definition) is 2. The second-order valence-corrected chi connectivity index (χ2v) is 4.79. The average Bonchev–Trinajstić information content (AvgIpc) is 2.80. The molecule has 89 valence electrons. The SMILES string of the molecule is Cc1cc(Cl)ccc1-c1ccc2o[c]nc2c1C. The summed E-state index contributed by atoms with van der Waals surface area (Å²) in [5, 5.41) is 0.754. The number of benzene rings is 2. The molecule has 0 aliphatic heterocycles. The van der Waals surface area contributed by atoms with Crippen LogP contribution < -0.4 is 0 Å². The maximum Gasteiger partial charge on any atom is 0.284 e. The monoisotopic (exact) mass is 256 g/mol. The van der Waals surface area contributed by atoms with Gasteiger partial charge in [-0.15, -0.1) is 0 Å². The average molecular weight is 257 g/mol. The Hall–Kier alpha value is -1.80. The molecular weight excluding hydrogens is 246 g/mol. The Morgan fingerprint density at radius 3 is 2.67 bits per heavy atom. The van der Waals surface area contributed by atoms with Crippen LogP contribution in [0.3, 0.4) is 0 Å². The summed E-state index contributed by atoms with van der Waals surface area (Å²) in [6.07, 6.45) is 2.53. The van der Waals surface area contributed by atoms with Gasteiger partial charge >= 0.3 is 0 Å². The molecule has 0 N–H and O–H groups in total. The third-order valence-corrected chi connectivity index (χ3v) is 3.42. The summed E-state index contributed by atoms with van der Waals surface area (Å²) >= 11 is 5.99. The maximum atomic E-state index is 5.99. The number of nitrogens with zero attached hydrogens (tertiary/aromatic N) is 1. The lowest BCUT2D eigenvalue weighted by Gasteiger charge is -2.09. The molecule has 2 aromatic carbocycles. The standard InChI is InChI=1S/C15H11ClNO/c1-9-7-11(16)3-4-12(9)13-5-6-14-15(10(13)2)17-8-18-14/h3-7H,1-2H3. The summed E-state index contributed by atoms with van der Waals surface area (Å²) in [6, 6.07) is 9.88. The molecule has 1 aromatic heterocycles. The predicted octanol–water partition coefficient (Wildman–Crippen LogP) is 4.57. The summed E-state index contributed by atoms with van der Waals surface area (Å²) in [6.45, 7) is 4.10. The molecule has 0 saturated carbocycles. The van der Waals surface area contributed by atoms with Crippen molar-refractivity contribution in [2.45, 2.75) is 13.8 Å². The first kappa shape index (κ1) is 11.3. The lowest BCUT2D eigenvalue weighted by Crippen LogP contribution is -1.88. The van der Waals surface area contributed by atoms with Gasteiger partial charge < -0.3 is 4.42 Å². The van der Waals surface area contributed by atoms with Crippen LogP contribution in [0.4, 0.5) is 0 Å². The van der Waals surface area contributed by atoms with Crippen LogP contribution in [0, 0.1) is 20.2 Å². The van der Waals surface area contributed by atoms with Gasteiger partial charge in [0.15, 0.2) is 5.58 Å². The van der Waals surface area contributed by atoms with Gasteiger partial charge in [0.05, 0.1) is 0 Å². The molecule has 0 aliphatic carbocycles. The van der Waals surface area contributed by atoms with E-state index >= 15 is 0 Å². The van der Waals surface area contributed by atoms with Gasteiger partial charge in [0.2, 0.25) is 0 Å². The first-order valence-corrected chi connectivity index (χ1v) is 6.07. The molecule has 3 aromatic rings. The molecule has 2 nitrogen and oxygen atoms in total. The van der Waals surface area contributed by atoms with E-state index in [0.29, 0.717) is 0 Å². The van der Waals surface area contributed by atoms with Gasteiger partial charge in [-0.25, -0.2) is 4.98 Å². The van der Waals surface area contributed by atoms with E-state index in [1.807, 2.05) is 37.3 Å². The Balaban J connectivity index is 2.27. The molecule has 3 rings (SSSR count). The first-order valence-electron chi connectivity index (χ1n) is 5.69. The largest absolute Gasteiger partial charge is 0.432 e. The van der Waals surface area contributed by atoms with Crippen molar-refractivity contribution in [3.63, 3.8) is 0 Å². The summed E-state index contributed by atoms with van der Waals surface area (Å²) in [7, 11) is 0. The quantitative estimate of drug-likeness (QED) is 0.638. The highest BCUT2D eigenvalue weighted by Gasteiger charge is 2.10. The summed E-state index contributed by atoms with van der Waals surface area (Å²) in [5.41, 5.74) is 6.20. The smallest absolute Gasteiger partial charge is 0.284 e. The van der Waals surface area contributed by atoms with E-state index in [-0.39, 0.29) is 0 Å². The van der Waals surface area contributed by atoms with Crippen molar-refractivity contribution < 1.29 is 4.42 Å². The summed E-state index contributed by atoms with van der Waals surface area (Å²) in [4.78, 5) is 4.13. The molecule has 0 spiro atoms. The van der Waals surface area contributed by atoms with E-state index < -0.39 is 0 Å². The molecule has 0 atom stereocenters. The van der Waals surface area contributed by atoms with Gasteiger partial charge in [0.1, 0.15) is 5.52 Å². The predicted molar refractivity (Wildman–Crippen MR) is 72.8 cm³/mol. The Labute approximate surface area is 110 Å². The molecule has 0 saturated heterocycles. The minimum Gasteiger partial charge on any atom is -0.432 e. The van der Waals surface area contributed by atoms with E-state index in [1.165, 1.54) is 5.56 Å². The minimum atomic E-state index is 0.754. The van der Waals surface area contributed by atoms with E-state index in [4.69, 9.17) is 16.0 Å². The lowest BCUT2D eigenvalue weighted by atomic mass is 9.96. The van der Waals surface area contributed by atoms with Crippen LogP contribution in [0.15, 0.2) is 34.7 Å². The van der Waals surface area contributed by atoms with Crippen molar-refractivity contribution in [2.24, 2.45) is 0 Å². The van der Waals surface area contributed by atoms with E-state index in [0.717, 1.165) is 32.8 Å².